The summed E-state index contributed by atoms with van der Waals surface area (Å²) in [6.07, 6.45) is 4.68. The predicted molar refractivity (Wildman–Crippen MR) is 82.0 cm³/mol. The van der Waals surface area contributed by atoms with E-state index in [2.05, 4.69) is 18.7 Å². The smallest absolute Gasteiger partial charge is 0.123 e. The Bertz CT molecular complexity index is 421. The molecular weight excluding hydrogens is 251 g/mol. The van der Waals surface area contributed by atoms with Gasteiger partial charge in [-0.1, -0.05) is 32.4 Å². The molecule has 3 unspecified atom stereocenters. The minimum Gasteiger partial charge on any atom is -0.326 e. The highest BCUT2D eigenvalue weighted by Crippen LogP contribution is 2.32. The van der Waals surface area contributed by atoms with E-state index in [-0.39, 0.29) is 17.9 Å². The molecule has 112 valence electrons. The molecule has 3 atom stereocenters. The number of rotatable bonds is 6. The van der Waals surface area contributed by atoms with Gasteiger partial charge in [0.15, 0.2) is 0 Å². The van der Waals surface area contributed by atoms with Crippen LogP contribution in [0.25, 0.3) is 0 Å². The summed E-state index contributed by atoms with van der Waals surface area (Å²) < 4.78 is 13.5. The van der Waals surface area contributed by atoms with E-state index in [0.29, 0.717) is 0 Å². The Balaban J connectivity index is 2.16. The van der Waals surface area contributed by atoms with E-state index >= 15 is 0 Å². The Labute approximate surface area is 122 Å². The quantitative estimate of drug-likeness (QED) is 0.859. The topological polar surface area (TPSA) is 29.3 Å². The van der Waals surface area contributed by atoms with Gasteiger partial charge in [-0.2, -0.15) is 0 Å². The number of nitrogens with zero attached hydrogens (tertiary/aromatic N) is 1. The molecule has 2 N–H and O–H groups in total. The maximum absolute atomic E-state index is 13.5. The Morgan fingerprint density at radius 3 is 2.85 bits per heavy atom. The van der Waals surface area contributed by atoms with E-state index in [1.807, 2.05) is 6.07 Å². The van der Waals surface area contributed by atoms with Crippen molar-refractivity contribution in [1.29, 1.82) is 0 Å². The average Bonchev–Trinajstić information content (AvgIpc) is 2.87. The highest BCUT2D eigenvalue weighted by Gasteiger charge is 2.31. The molecule has 1 fully saturated rings. The Morgan fingerprint density at radius 1 is 1.40 bits per heavy atom. The van der Waals surface area contributed by atoms with Crippen molar-refractivity contribution in [2.24, 2.45) is 11.7 Å². The third kappa shape index (κ3) is 3.58. The maximum Gasteiger partial charge on any atom is 0.123 e. The molecule has 1 aliphatic heterocycles. The van der Waals surface area contributed by atoms with Gasteiger partial charge >= 0.3 is 0 Å². The predicted octanol–water partition coefficient (Wildman–Crippen LogP) is 3.73. The van der Waals surface area contributed by atoms with Crippen molar-refractivity contribution < 1.29 is 4.39 Å². The van der Waals surface area contributed by atoms with Crippen molar-refractivity contribution in [1.82, 2.24) is 4.90 Å². The first-order valence-electron chi connectivity index (χ1n) is 7.90. The van der Waals surface area contributed by atoms with Gasteiger partial charge in [-0.25, -0.2) is 4.39 Å². The third-order valence-electron chi connectivity index (χ3n) is 4.47. The normalized spacial score (nSPS) is 22.9. The second-order valence-corrected chi connectivity index (χ2v) is 6.01. The summed E-state index contributed by atoms with van der Waals surface area (Å²) in [7, 11) is 0. The van der Waals surface area contributed by atoms with E-state index in [1.54, 1.807) is 12.1 Å². The van der Waals surface area contributed by atoms with Crippen LogP contribution in [-0.2, 0) is 0 Å². The summed E-state index contributed by atoms with van der Waals surface area (Å²) in [6.45, 7) is 6.53. The zero-order chi connectivity index (χ0) is 14.5. The number of nitrogens with two attached hydrogens (primary N) is 1. The van der Waals surface area contributed by atoms with Gasteiger partial charge in [0.25, 0.3) is 0 Å². The van der Waals surface area contributed by atoms with Crippen molar-refractivity contribution in [3.63, 3.8) is 0 Å². The van der Waals surface area contributed by atoms with Crippen LogP contribution in [-0.4, -0.2) is 24.0 Å². The first-order chi connectivity index (χ1) is 9.65. The molecule has 1 aromatic rings. The molecule has 0 spiro atoms. The van der Waals surface area contributed by atoms with Crippen LogP contribution in [0.3, 0.4) is 0 Å². The molecule has 1 heterocycles. The Hall–Kier alpha value is -0.930. The number of hydrogen-bond acceptors (Lipinski definition) is 2. The molecule has 1 aromatic carbocycles. The minimum absolute atomic E-state index is 0.0668. The SMILES string of the molecule is CCCC1CCN(C(c2cccc(F)c2)C(N)CC)C1. The van der Waals surface area contributed by atoms with E-state index in [9.17, 15) is 4.39 Å². The van der Waals surface area contributed by atoms with E-state index < -0.39 is 0 Å². The molecule has 2 nitrogen and oxygen atoms in total. The van der Waals surface area contributed by atoms with Gasteiger partial charge in [-0.3, -0.25) is 4.90 Å². The summed E-state index contributed by atoms with van der Waals surface area (Å²) in [5, 5.41) is 0. The zero-order valence-electron chi connectivity index (χ0n) is 12.7. The highest BCUT2D eigenvalue weighted by atomic mass is 19.1. The molecule has 0 saturated carbocycles. The van der Waals surface area contributed by atoms with Gasteiger partial charge in [0.2, 0.25) is 0 Å². The number of likely N-dealkylation sites (tertiary alicyclic amines) is 1. The Kier molecular flexibility index (Phi) is 5.55. The van der Waals surface area contributed by atoms with Gasteiger partial charge < -0.3 is 5.73 Å². The summed E-state index contributed by atoms with van der Waals surface area (Å²) in [5.74, 6) is 0.611. The fourth-order valence-electron chi connectivity index (χ4n) is 3.40. The van der Waals surface area contributed by atoms with Crippen LogP contribution in [0.2, 0.25) is 0 Å². The molecule has 3 heteroatoms. The lowest BCUT2D eigenvalue weighted by molar-refractivity contribution is 0.200. The standard InChI is InChI=1S/C17H27FN2/c1-3-6-13-9-10-20(12-13)17(16(19)4-2)14-7-5-8-15(18)11-14/h5,7-8,11,13,16-17H,3-4,6,9-10,12,19H2,1-2H3. The summed E-state index contributed by atoms with van der Waals surface area (Å²) in [5.41, 5.74) is 7.36. The van der Waals surface area contributed by atoms with E-state index in [0.717, 1.165) is 31.0 Å². The number of benzene rings is 1. The first-order valence-corrected chi connectivity index (χ1v) is 7.90. The van der Waals surface area contributed by atoms with Crippen LogP contribution in [0, 0.1) is 11.7 Å². The molecule has 1 aliphatic rings. The molecule has 0 bridgehead atoms. The molecule has 0 aliphatic carbocycles. The van der Waals surface area contributed by atoms with Crippen molar-refractivity contribution in [2.75, 3.05) is 13.1 Å². The lowest BCUT2D eigenvalue weighted by atomic mass is 9.96. The van der Waals surface area contributed by atoms with Gasteiger partial charge in [0, 0.05) is 18.6 Å². The number of hydrogen-bond donors (Lipinski definition) is 1. The fraction of sp³-hybridized carbons (Fsp3) is 0.647. The molecule has 0 amide bonds. The van der Waals surface area contributed by atoms with Crippen LogP contribution >= 0.6 is 0 Å². The van der Waals surface area contributed by atoms with Crippen LogP contribution in [0.4, 0.5) is 4.39 Å². The lowest BCUT2D eigenvalue weighted by Gasteiger charge is -2.33. The largest absolute Gasteiger partial charge is 0.326 e. The summed E-state index contributed by atoms with van der Waals surface area (Å²) >= 11 is 0. The number of halogens is 1. The van der Waals surface area contributed by atoms with Crippen LogP contribution < -0.4 is 5.73 Å². The van der Waals surface area contributed by atoms with E-state index in [4.69, 9.17) is 5.73 Å². The zero-order valence-corrected chi connectivity index (χ0v) is 12.7. The highest BCUT2D eigenvalue weighted by molar-refractivity contribution is 5.22. The molecular formula is C17H27FN2. The first kappa shape index (κ1) is 15.5. The fourth-order valence-corrected chi connectivity index (χ4v) is 3.40. The monoisotopic (exact) mass is 278 g/mol. The van der Waals surface area contributed by atoms with Crippen molar-refractivity contribution >= 4 is 0 Å². The summed E-state index contributed by atoms with van der Waals surface area (Å²) in [4.78, 5) is 2.46. The van der Waals surface area contributed by atoms with Crippen molar-refractivity contribution in [3.8, 4) is 0 Å². The van der Waals surface area contributed by atoms with Gasteiger partial charge in [-0.05, 0) is 49.4 Å². The molecule has 20 heavy (non-hydrogen) atoms. The van der Waals surface area contributed by atoms with Gasteiger partial charge in [0.05, 0.1) is 0 Å². The van der Waals surface area contributed by atoms with E-state index in [1.165, 1.54) is 25.3 Å². The molecule has 0 aromatic heterocycles. The molecule has 2 rings (SSSR count). The minimum atomic E-state index is -0.167. The van der Waals surface area contributed by atoms with Crippen molar-refractivity contribution in [3.05, 3.63) is 35.6 Å². The second kappa shape index (κ2) is 7.19. The Morgan fingerprint density at radius 2 is 2.20 bits per heavy atom. The molecule has 1 saturated heterocycles. The average molecular weight is 278 g/mol. The van der Waals surface area contributed by atoms with Crippen LogP contribution in [0.15, 0.2) is 24.3 Å². The molecule has 0 radical (unpaired) electrons. The van der Waals surface area contributed by atoms with Gasteiger partial charge in [0.1, 0.15) is 5.82 Å². The van der Waals surface area contributed by atoms with Gasteiger partial charge in [-0.15, -0.1) is 0 Å². The lowest BCUT2D eigenvalue weighted by Crippen LogP contribution is -2.39. The van der Waals surface area contributed by atoms with Crippen molar-refractivity contribution in [2.45, 2.75) is 51.6 Å². The maximum atomic E-state index is 13.5. The second-order valence-electron chi connectivity index (χ2n) is 6.01. The van der Waals surface area contributed by atoms with Crippen LogP contribution in [0.1, 0.15) is 51.1 Å². The summed E-state index contributed by atoms with van der Waals surface area (Å²) in [6, 6.07) is 7.17. The van der Waals surface area contributed by atoms with Crippen LogP contribution in [0.5, 0.6) is 0 Å². The third-order valence-corrected chi connectivity index (χ3v) is 4.47.